The smallest absolute Gasteiger partial charge is 0.125 e. The number of hydrogen-bond acceptors (Lipinski definition) is 3. The minimum absolute atomic E-state index is 0.173. The number of piperazine rings is 1. The van der Waals surface area contributed by atoms with Gasteiger partial charge in [-0.1, -0.05) is 6.07 Å². The molecule has 17 heavy (non-hydrogen) atoms. The number of hydrogen-bond donors (Lipinski definition) is 1. The third-order valence-corrected chi connectivity index (χ3v) is 3.33. The highest BCUT2D eigenvalue weighted by atomic mass is 19.1. The molecule has 4 heteroatoms. The van der Waals surface area contributed by atoms with Gasteiger partial charge in [-0.05, 0) is 38.2 Å². The second-order valence-corrected chi connectivity index (χ2v) is 4.67. The van der Waals surface area contributed by atoms with Crippen molar-refractivity contribution in [2.24, 2.45) is 5.73 Å². The SMILES string of the molecule is CN1CCN(c2cccc(F)c2)C(CCN)C1. The summed E-state index contributed by atoms with van der Waals surface area (Å²) < 4.78 is 13.2. The first-order valence-corrected chi connectivity index (χ1v) is 6.11. The van der Waals surface area contributed by atoms with Crippen molar-refractivity contribution in [2.75, 3.05) is 38.1 Å². The van der Waals surface area contributed by atoms with E-state index in [0.717, 1.165) is 31.7 Å². The zero-order valence-electron chi connectivity index (χ0n) is 10.3. The lowest BCUT2D eigenvalue weighted by Crippen LogP contribution is -2.52. The Kier molecular flexibility index (Phi) is 3.97. The van der Waals surface area contributed by atoms with Gasteiger partial charge in [-0.3, -0.25) is 0 Å². The minimum atomic E-state index is -0.173. The van der Waals surface area contributed by atoms with Crippen molar-refractivity contribution in [3.05, 3.63) is 30.1 Å². The quantitative estimate of drug-likeness (QED) is 0.860. The molecule has 1 unspecified atom stereocenters. The summed E-state index contributed by atoms with van der Waals surface area (Å²) in [5.41, 5.74) is 6.62. The van der Waals surface area contributed by atoms with Gasteiger partial charge in [0.1, 0.15) is 5.82 Å². The third kappa shape index (κ3) is 2.96. The van der Waals surface area contributed by atoms with E-state index >= 15 is 0 Å². The highest BCUT2D eigenvalue weighted by Crippen LogP contribution is 2.22. The fourth-order valence-electron chi connectivity index (χ4n) is 2.44. The van der Waals surface area contributed by atoms with Crippen LogP contribution in [-0.2, 0) is 0 Å². The Labute approximate surface area is 102 Å². The number of halogens is 1. The number of rotatable bonds is 3. The maximum absolute atomic E-state index is 13.2. The summed E-state index contributed by atoms with van der Waals surface area (Å²) in [5, 5.41) is 0. The van der Waals surface area contributed by atoms with Gasteiger partial charge < -0.3 is 15.5 Å². The van der Waals surface area contributed by atoms with Crippen LogP contribution in [0.1, 0.15) is 6.42 Å². The van der Waals surface area contributed by atoms with Crippen molar-refractivity contribution in [1.82, 2.24) is 4.90 Å². The summed E-state index contributed by atoms with van der Waals surface area (Å²) in [7, 11) is 2.12. The minimum Gasteiger partial charge on any atom is -0.366 e. The maximum atomic E-state index is 13.2. The van der Waals surface area contributed by atoms with Crippen LogP contribution in [0.15, 0.2) is 24.3 Å². The molecule has 0 saturated carbocycles. The Hall–Kier alpha value is -1.13. The van der Waals surface area contributed by atoms with Crippen molar-refractivity contribution in [2.45, 2.75) is 12.5 Å². The van der Waals surface area contributed by atoms with Gasteiger partial charge >= 0.3 is 0 Å². The predicted molar refractivity (Wildman–Crippen MR) is 68.7 cm³/mol. The third-order valence-electron chi connectivity index (χ3n) is 3.33. The lowest BCUT2D eigenvalue weighted by molar-refractivity contribution is 0.261. The molecule has 0 aromatic heterocycles. The topological polar surface area (TPSA) is 32.5 Å². The van der Waals surface area contributed by atoms with E-state index in [2.05, 4.69) is 16.8 Å². The van der Waals surface area contributed by atoms with E-state index in [1.54, 1.807) is 12.1 Å². The van der Waals surface area contributed by atoms with Crippen molar-refractivity contribution in [3.63, 3.8) is 0 Å². The van der Waals surface area contributed by atoms with Gasteiger partial charge in [0.05, 0.1) is 0 Å². The zero-order chi connectivity index (χ0) is 12.3. The molecular formula is C13H20FN3. The van der Waals surface area contributed by atoms with Crippen molar-refractivity contribution in [1.29, 1.82) is 0 Å². The van der Waals surface area contributed by atoms with Crippen LogP contribution in [-0.4, -0.2) is 44.2 Å². The lowest BCUT2D eigenvalue weighted by Gasteiger charge is -2.41. The van der Waals surface area contributed by atoms with E-state index in [-0.39, 0.29) is 5.82 Å². The average Bonchev–Trinajstić information content (AvgIpc) is 2.29. The Morgan fingerprint density at radius 1 is 1.41 bits per heavy atom. The number of likely N-dealkylation sites (N-methyl/N-ethyl adjacent to an activating group) is 1. The summed E-state index contributed by atoms with van der Waals surface area (Å²) in [6.45, 7) is 3.61. The van der Waals surface area contributed by atoms with E-state index in [0.29, 0.717) is 12.6 Å². The fraction of sp³-hybridized carbons (Fsp3) is 0.538. The fourth-order valence-corrected chi connectivity index (χ4v) is 2.44. The van der Waals surface area contributed by atoms with E-state index < -0.39 is 0 Å². The zero-order valence-corrected chi connectivity index (χ0v) is 10.3. The van der Waals surface area contributed by atoms with Crippen LogP contribution in [0.5, 0.6) is 0 Å². The number of nitrogens with zero attached hydrogens (tertiary/aromatic N) is 2. The number of benzene rings is 1. The van der Waals surface area contributed by atoms with Crippen LogP contribution in [0.2, 0.25) is 0 Å². The summed E-state index contributed by atoms with van der Waals surface area (Å²) in [4.78, 5) is 4.58. The standard InChI is InChI=1S/C13H20FN3/c1-16-7-8-17(13(10-16)5-6-15)12-4-2-3-11(14)9-12/h2-4,9,13H,5-8,10,15H2,1H3. The number of anilines is 1. The predicted octanol–water partition coefficient (Wildman–Crippen LogP) is 1.29. The maximum Gasteiger partial charge on any atom is 0.125 e. The summed E-state index contributed by atoms with van der Waals surface area (Å²) >= 11 is 0. The van der Waals surface area contributed by atoms with Crippen LogP contribution >= 0.6 is 0 Å². The van der Waals surface area contributed by atoms with E-state index in [9.17, 15) is 4.39 Å². The molecule has 0 spiro atoms. The van der Waals surface area contributed by atoms with E-state index in [1.807, 2.05) is 6.07 Å². The van der Waals surface area contributed by atoms with E-state index in [4.69, 9.17) is 5.73 Å². The molecule has 1 aromatic rings. The van der Waals surface area contributed by atoms with Gasteiger partial charge in [0.15, 0.2) is 0 Å². The van der Waals surface area contributed by atoms with Crippen molar-refractivity contribution >= 4 is 5.69 Å². The lowest BCUT2D eigenvalue weighted by atomic mass is 10.1. The molecule has 1 aromatic carbocycles. The monoisotopic (exact) mass is 237 g/mol. The molecule has 1 aliphatic heterocycles. The Morgan fingerprint density at radius 3 is 2.94 bits per heavy atom. The first kappa shape index (κ1) is 12.3. The molecular weight excluding hydrogens is 217 g/mol. The molecule has 1 fully saturated rings. The van der Waals surface area contributed by atoms with Gasteiger partial charge in [-0.25, -0.2) is 4.39 Å². The highest BCUT2D eigenvalue weighted by Gasteiger charge is 2.24. The Morgan fingerprint density at radius 2 is 2.24 bits per heavy atom. The highest BCUT2D eigenvalue weighted by molar-refractivity contribution is 5.48. The van der Waals surface area contributed by atoms with Crippen LogP contribution < -0.4 is 10.6 Å². The molecule has 3 nitrogen and oxygen atoms in total. The first-order valence-electron chi connectivity index (χ1n) is 6.11. The molecule has 1 aliphatic rings. The summed E-state index contributed by atoms with van der Waals surface area (Å²) in [5.74, 6) is -0.173. The summed E-state index contributed by atoms with van der Waals surface area (Å²) in [6.07, 6.45) is 0.945. The Balaban J connectivity index is 2.17. The van der Waals surface area contributed by atoms with Crippen molar-refractivity contribution in [3.8, 4) is 0 Å². The molecule has 0 aliphatic carbocycles. The molecule has 94 valence electrons. The van der Waals surface area contributed by atoms with Gasteiger partial charge in [-0.2, -0.15) is 0 Å². The average molecular weight is 237 g/mol. The molecule has 0 amide bonds. The molecule has 1 heterocycles. The largest absolute Gasteiger partial charge is 0.366 e. The van der Waals surface area contributed by atoms with Gasteiger partial charge in [0.25, 0.3) is 0 Å². The van der Waals surface area contributed by atoms with Crippen molar-refractivity contribution < 1.29 is 4.39 Å². The van der Waals surface area contributed by atoms with Crippen LogP contribution in [0.3, 0.4) is 0 Å². The normalized spacial score (nSPS) is 21.8. The molecule has 1 atom stereocenters. The number of nitrogens with two attached hydrogens (primary N) is 1. The molecule has 2 rings (SSSR count). The Bertz CT molecular complexity index is 369. The molecule has 0 bridgehead atoms. The first-order chi connectivity index (χ1) is 8.20. The van der Waals surface area contributed by atoms with Gasteiger partial charge in [0.2, 0.25) is 0 Å². The molecule has 1 saturated heterocycles. The van der Waals surface area contributed by atoms with Crippen LogP contribution in [0.4, 0.5) is 10.1 Å². The second-order valence-electron chi connectivity index (χ2n) is 4.67. The van der Waals surface area contributed by atoms with E-state index in [1.165, 1.54) is 6.07 Å². The second kappa shape index (κ2) is 5.47. The van der Waals surface area contributed by atoms with Crippen LogP contribution in [0.25, 0.3) is 0 Å². The summed E-state index contributed by atoms with van der Waals surface area (Å²) in [6, 6.07) is 7.22. The molecule has 0 radical (unpaired) electrons. The van der Waals surface area contributed by atoms with Gasteiger partial charge in [-0.15, -0.1) is 0 Å². The molecule has 2 N–H and O–H groups in total. The van der Waals surface area contributed by atoms with Crippen LogP contribution in [0, 0.1) is 5.82 Å². The van der Waals surface area contributed by atoms with Gasteiger partial charge in [0, 0.05) is 31.4 Å².